The third-order valence-corrected chi connectivity index (χ3v) is 4.20. The second-order valence-electron chi connectivity index (χ2n) is 3.97. The van der Waals surface area contributed by atoms with Crippen LogP contribution in [0.25, 0.3) is 0 Å². The Morgan fingerprint density at radius 3 is 3.13 bits per heavy atom. The summed E-state index contributed by atoms with van der Waals surface area (Å²) in [5.41, 5.74) is 1.43. The molecule has 0 radical (unpaired) electrons. The Labute approximate surface area is 94.2 Å². The minimum absolute atomic E-state index is 0.330. The molecule has 5 heteroatoms. The van der Waals surface area contributed by atoms with Gasteiger partial charge in [-0.1, -0.05) is 0 Å². The van der Waals surface area contributed by atoms with Crippen molar-refractivity contribution in [3.63, 3.8) is 0 Å². The van der Waals surface area contributed by atoms with Crippen LogP contribution in [0.5, 0.6) is 0 Å². The standard InChI is InChI=1S/C10H14O3S2/c1-15(11,12)13-7-8-2-3-9-4-5-14-10(9)6-8/h4-5,8H,2-3,6-7H2,1H3. The summed E-state index contributed by atoms with van der Waals surface area (Å²) in [6, 6.07) is 2.16. The molecule has 1 heterocycles. The minimum Gasteiger partial charge on any atom is -0.270 e. The molecule has 3 nitrogen and oxygen atoms in total. The van der Waals surface area contributed by atoms with E-state index in [1.165, 1.54) is 10.4 Å². The first-order valence-electron chi connectivity index (χ1n) is 4.94. The lowest BCUT2D eigenvalue weighted by atomic mass is 9.90. The Bertz CT molecular complexity index is 433. The molecule has 0 amide bonds. The summed E-state index contributed by atoms with van der Waals surface area (Å²) in [4.78, 5) is 1.39. The van der Waals surface area contributed by atoms with Gasteiger partial charge in [0.2, 0.25) is 0 Å². The van der Waals surface area contributed by atoms with Crippen LogP contribution in [-0.4, -0.2) is 21.3 Å². The van der Waals surface area contributed by atoms with Crippen LogP contribution < -0.4 is 0 Å². The SMILES string of the molecule is CS(=O)(=O)OCC1CCc2ccsc2C1. The van der Waals surface area contributed by atoms with Gasteiger partial charge in [0.1, 0.15) is 0 Å². The van der Waals surface area contributed by atoms with Crippen molar-refractivity contribution in [2.45, 2.75) is 19.3 Å². The van der Waals surface area contributed by atoms with E-state index in [-0.39, 0.29) is 0 Å². The van der Waals surface area contributed by atoms with Crippen molar-refractivity contribution in [1.82, 2.24) is 0 Å². The number of hydrogen-bond acceptors (Lipinski definition) is 4. The Balaban J connectivity index is 1.93. The van der Waals surface area contributed by atoms with Gasteiger partial charge in [-0.05, 0) is 42.2 Å². The number of fused-ring (bicyclic) bond motifs is 1. The molecule has 1 aromatic heterocycles. The minimum atomic E-state index is -3.28. The van der Waals surface area contributed by atoms with E-state index < -0.39 is 10.1 Å². The first-order valence-corrected chi connectivity index (χ1v) is 7.64. The van der Waals surface area contributed by atoms with E-state index in [0.29, 0.717) is 12.5 Å². The average molecular weight is 246 g/mol. The van der Waals surface area contributed by atoms with Gasteiger partial charge >= 0.3 is 0 Å². The van der Waals surface area contributed by atoms with Gasteiger partial charge in [0, 0.05) is 4.88 Å². The van der Waals surface area contributed by atoms with E-state index in [9.17, 15) is 8.42 Å². The zero-order valence-electron chi connectivity index (χ0n) is 8.60. The lowest BCUT2D eigenvalue weighted by Crippen LogP contribution is -2.19. The zero-order valence-corrected chi connectivity index (χ0v) is 10.2. The summed E-state index contributed by atoms with van der Waals surface area (Å²) in [5.74, 6) is 0.353. The molecule has 0 saturated carbocycles. The molecule has 2 rings (SSSR count). The Morgan fingerprint density at radius 2 is 2.40 bits per heavy atom. The quantitative estimate of drug-likeness (QED) is 0.764. The molecule has 0 saturated heterocycles. The highest BCUT2D eigenvalue weighted by atomic mass is 32.2. The lowest BCUT2D eigenvalue weighted by Gasteiger charge is -2.21. The highest BCUT2D eigenvalue weighted by molar-refractivity contribution is 7.85. The molecule has 0 aromatic carbocycles. The Hall–Kier alpha value is -0.390. The van der Waals surface area contributed by atoms with Gasteiger partial charge in [-0.2, -0.15) is 8.42 Å². The van der Waals surface area contributed by atoms with Gasteiger partial charge in [-0.25, -0.2) is 0 Å². The van der Waals surface area contributed by atoms with Crippen molar-refractivity contribution in [3.8, 4) is 0 Å². The Kier molecular flexibility index (Phi) is 3.13. The van der Waals surface area contributed by atoms with Gasteiger partial charge in [0.05, 0.1) is 12.9 Å². The van der Waals surface area contributed by atoms with E-state index in [1.54, 1.807) is 11.3 Å². The molecule has 1 aromatic rings. The first-order chi connectivity index (χ1) is 7.04. The van der Waals surface area contributed by atoms with Crippen LogP contribution in [0, 0.1) is 5.92 Å². The molecule has 1 aliphatic carbocycles. The largest absolute Gasteiger partial charge is 0.270 e. The second kappa shape index (κ2) is 4.23. The van der Waals surface area contributed by atoms with Crippen LogP contribution in [0.15, 0.2) is 11.4 Å². The average Bonchev–Trinajstić information content (AvgIpc) is 2.60. The maximum Gasteiger partial charge on any atom is 0.264 e. The predicted octanol–water partition coefficient (Wildman–Crippen LogP) is 1.83. The van der Waals surface area contributed by atoms with Crippen LogP contribution >= 0.6 is 11.3 Å². The molecule has 0 fully saturated rings. The summed E-state index contributed by atoms with van der Waals surface area (Å²) >= 11 is 1.76. The number of thiophene rings is 1. The molecule has 0 aliphatic heterocycles. The van der Waals surface area contributed by atoms with E-state index in [4.69, 9.17) is 4.18 Å². The lowest BCUT2D eigenvalue weighted by molar-refractivity contribution is 0.242. The molecule has 0 spiro atoms. The van der Waals surface area contributed by atoms with Gasteiger partial charge in [-0.3, -0.25) is 4.18 Å². The molecule has 0 bridgehead atoms. The Morgan fingerprint density at radius 1 is 1.60 bits per heavy atom. The van der Waals surface area contributed by atoms with Crippen molar-refractivity contribution < 1.29 is 12.6 Å². The molecule has 1 aliphatic rings. The van der Waals surface area contributed by atoms with Crippen LogP contribution in [0.3, 0.4) is 0 Å². The molecule has 15 heavy (non-hydrogen) atoms. The van der Waals surface area contributed by atoms with Gasteiger partial charge < -0.3 is 0 Å². The molecular formula is C10H14O3S2. The normalized spacial score (nSPS) is 21.3. The second-order valence-corrected chi connectivity index (χ2v) is 6.61. The summed E-state index contributed by atoms with van der Waals surface area (Å²) in [7, 11) is -3.28. The van der Waals surface area contributed by atoms with Crippen molar-refractivity contribution in [2.75, 3.05) is 12.9 Å². The van der Waals surface area contributed by atoms with Crippen molar-refractivity contribution in [3.05, 3.63) is 21.9 Å². The van der Waals surface area contributed by atoms with Crippen LogP contribution in [0.1, 0.15) is 16.9 Å². The summed E-state index contributed by atoms with van der Waals surface area (Å²) in [6.45, 7) is 0.330. The summed E-state index contributed by atoms with van der Waals surface area (Å²) in [5, 5.41) is 2.10. The summed E-state index contributed by atoms with van der Waals surface area (Å²) in [6.07, 6.45) is 4.14. The maximum absolute atomic E-state index is 10.8. The van der Waals surface area contributed by atoms with Crippen LogP contribution in [0.2, 0.25) is 0 Å². The van der Waals surface area contributed by atoms with Gasteiger partial charge in [-0.15, -0.1) is 11.3 Å². The van der Waals surface area contributed by atoms with Crippen molar-refractivity contribution >= 4 is 21.5 Å². The molecule has 0 N–H and O–H groups in total. The third-order valence-electron chi connectivity index (χ3n) is 2.65. The van der Waals surface area contributed by atoms with Gasteiger partial charge in [0.25, 0.3) is 10.1 Å². The topological polar surface area (TPSA) is 43.4 Å². The zero-order chi connectivity index (χ0) is 10.9. The fourth-order valence-electron chi connectivity index (χ4n) is 1.85. The summed E-state index contributed by atoms with van der Waals surface area (Å²) < 4.78 is 26.5. The smallest absolute Gasteiger partial charge is 0.264 e. The van der Waals surface area contributed by atoms with Crippen LogP contribution in [-0.2, 0) is 27.1 Å². The van der Waals surface area contributed by atoms with Crippen molar-refractivity contribution in [2.24, 2.45) is 5.92 Å². The molecule has 84 valence electrons. The van der Waals surface area contributed by atoms with E-state index >= 15 is 0 Å². The fourth-order valence-corrected chi connectivity index (χ4v) is 3.34. The third kappa shape index (κ3) is 3.03. The number of rotatable bonds is 3. The number of aryl methyl sites for hydroxylation is 1. The van der Waals surface area contributed by atoms with Gasteiger partial charge in [0.15, 0.2) is 0 Å². The fraction of sp³-hybridized carbons (Fsp3) is 0.600. The predicted molar refractivity (Wildman–Crippen MR) is 60.6 cm³/mol. The highest BCUT2D eigenvalue weighted by Crippen LogP contribution is 2.29. The van der Waals surface area contributed by atoms with Crippen LogP contribution in [0.4, 0.5) is 0 Å². The van der Waals surface area contributed by atoms with E-state index in [2.05, 4.69) is 11.4 Å². The maximum atomic E-state index is 10.8. The van der Waals surface area contributed by atoms with E-state index in [0.717, 1.165) is 25.5 Å². The number of hydrogen-bond donors (Lipinski definition) is 0. The molecule has 1 atom stereocenters. The monoisotopic (exact) mass is 246 g/mol. The van der Waals surface area contributed by atoms with Crippen molar-refractivity contribution in [1.29, 1.82) is 0 Å². The highest BCUT2D eigenvalue weighted by Gasteiger charge is 2.20. The first kappa shape index (κ1) is 11.1. The molecule has 1 unspecified atom stereocenters. The van der Waals surface area contributed by atoms with E-state index in [1.807, 2.05) is 0 Å². The molecular weight excluding hydrogens is 232 g/mol.